The monoisotopic (exact) mass is 305 g/mol. The van der Waals surface area contributed by atoms with E-state index in [1.54, 1.807) is 13.8 Å². The normalized spacial score (nSPS) is 11.9. The van der Waals surface area contributed by atoms with Crippen molar-refractivity contribution in [3.05, 3.63) is 42.0 Å². The summed E-state index contributed by atoms with van der Waals surface area (Å²) < 4.78 is 15.7. The van der Waals surface area contributed by atoms with Crippen LogP contribution in [0.15, 0.2) is 34.9 Å². The first-order chi connectivity index (χ1) is 10.6. The third-order valence-electron chi connectivity index (χ3n) is 2.76. The summed E-state index contributed by atoms with van der Waals surface area (Å²) in [5, 5.41) is 6.39. The molecule has 0 aliphatic carbocycles. The van der Waals surface area contributed by atoms with Gasteiger partial charge in [-0.1, -0.05) is 23.4 Å². The van der Waals surface area contributed by atoms with E-state index in [2.05, 4.69) is 15.5 Å². The van der Waals surface area contributed by atoms with Crippen LogP contribution < -0.4 is 10.1 Å². The molecule has 1 heterocycles. The van der Waals surface area contributed by atoms with Crippen LogP contribution in [0.25, 0.3) is 0 Å². The number of aromatic nitrogens is 2. The lowest BCUT2D eigenvalue weighted by molar-refractivity contribution is -0.126. The number of nitrogens with zero attached hydrogens (tertiary/aromatic N) is 2. The van der Waals surface area contributed by atoms with Gasteiger partial charge >= 0.3 is 0 Å². The number of amides is 1. The molecule has 1 atom stereocenters. The summed E-state index contributed by atoms with van der Waals surface area (Å²) in [6.45, 7) is 4.16. The number of ether oxygens (including phenoxy) is 2. The summed E-state index contributed by atoms with van der Waals surface area (Å²) in [7, 11) is 0. The Hall–Kier alpha value is -2.41. The van der Waals surface area contributed by atoms with E-state index in [1.807, 2.05) is 30.3 Å². The highest BCUT2D eigenvalue weighted by Crippen LogP contribution is 2.09. The molecule has 0 radical (unpaired) electrons. The molecule has 2 rings (SSSR count). The lowest BCUT2D eigenvalue weighted by Crippen LogP contribution is -2.30. The highest BCUT2D eigenvalue weighted by molar-refractivity contribution is 5.77. The summed E-state index contributed by atoms with van der Waals surface area (Å²) >= 11 is 0. The van der Waals surface area contributed by atoms with Crippen LogP contribution in [0.2, 0.25) is 0 Å². The Kier molecular flexibility index (Phi) is 5.91. The zero-order valence-electron chi connectivity index (χ0n) is 12.6. The zero-order valence-corrected chi connectivity index (χ0v) is 12.6. The average Bonchev–Trinajstić information content (AvgIpc) is 2.94. The van der Waals surface area contributed by atoms with E-state index in [-0.39, 0.29) is 18.6 Å². The first kappa shape index (κ1) is 16.0. The van der Waals surface area contributed by atoms with Crippen molar-refractivity contribution < 1.29 is 18.8 Å². The van der Waals surface area contributed by atoms with E-state index >= 15 is 0 Å². The number of hydrogen-bond acceptors (Lipinski definition) is 6. The molecule has 0 bridgehead atoms. The maximum atomic E-state index is 11.7. The van der Waals surface area contributed by atoms with Crippen molar-refractivity contribution >= 4 is 5.91 Å². The molecule has 7 heteroatoms. The second-order valence-electron chi connectivity index (χ2n) is 4.68. The summed E-state index contributed by atoms with van der Waals surface area (Å²) in [5.74, 6) is 1.43. The van der Waals surface area contributed by atoms with Gasteiger partial charge in [-0.15, -0.1) is 0 Å². The van der Waals surface area contributed by atoms with E-state index in [9.17, 15) is 4.79 Å². The molecule has 2 aromatic rings. The fourth-order valence-electron chi connectivity index (χ4n) is 1.73. The Morgan fingerprint density at radius 2 is 2.09 bits per heavy atom. The predicted octanol–water partition coefficient (Wildman–Crippen LogP) is 1.65. The van der Waals surface area contributed by atoms with Crippen molar-refractivity contribution in [3.63, 3.8) is 0 Å². The molecule has 1 aromatic carbocycles. The number of hydrogen-bond donors (Lipinski definition) is 1. The number of benzene rings is 1. The molecule has 0 fully saturated rings. The quantitative estimate of drug-likeness (QED) is 0.746. The van der Waals surface area contributed by atoms with Gasteiger partial charge in [-0.2, -0.15) is 4.98 Å². The van der Waals surface area contributed by atoms with Gasteiger partial charge in [0.1, 0.15) is 25.0 Å². The van der Waals surface area contributed by atoms with E-state index in [0.29, 0.717) is 24.9 Å². The van der Waals surface area contributed by atoms with Gasteiger partial charge in [0.05, 0.1) is 6.61 Å². The third kappa shape index (κ3) is 5.17. The lowest BCUT2D eigenvalue weighted by atomic mass is 10.3. The summed E-state index contributed by atoms with van der Waals surface area (Å²) in [6.07, 6.45) is 0. The summed E-state index contributed by atoms with van der Waals surface area (Å²) in [4.78, 5) is 15.8. The van der Waals surface area contributed by atoms with Gasteiger partial charge in [0.2, 0.25) is 11.8 Å². The van der Waals surface area contributed by atoms with Gasteiger partial charge in [-0.3, -0.25) is 4.79 Å². The lowest BCUT2D eigenvalue weighted by Gasteiger charge is -2.10. The van der Waals surface area contributed by atoms with Crippen molar-refractivity contribution in [1.29, 1.82) is 0 Å². The molecule has 1 N–H and O–H groups in total. The molecular formula is C15H19N3O4. The summed E-state index contributed by atoms with van der Waals surface area (Å²) in [5.41, 5.74) is 0. The van der Waals surface area contributed by atoms with E-state index in [4.69, 9.17) is 14.0 Å². The molecule has 0 saturated carbocycles. The molecular weight excluding hydrogens is 286 g/mol. The molecule has 7 nitrogen and oxygen atoms in total. The van der Waals surface area contributed by atoms with Crippen molar-refractivity contribution in [2.45, 2.75) is 19.9 Å². The highest BCUT2D eigenvalue weighted by Gasteiger charge is 2.15. The number of aryl methyl sites for hydroxylation is 1. The number of carbonyl (C=O) groups excluding carboxylic acids is 1. The smallest absolute Gasteiger partial charge is 0.248 e. The van der Waals surface area contributed by atoms with Crippen molar-refractivity contribution in [1.82, 2.24) is 15.5 Å². The maximum absolute atomic E-state index is 11.7. The predicted molar refractivity (Wildman–Crippen MR) is 78.3 cm³/mol. The van der Waals surface area contributed by atoms with Gasteiger partial charge < -0.3 is 19.3 Å². The molecule has 0 saturated heterocycles. The first-order valence-corrected chi connectivity index (χ1v) is 7.00. The molecule has 0 aliphatic heterocycles. The Labute approximate surface area is 128 Å². The van der Waals surface area contributed by atoms with Crippen LogP contribution in [0.5, 0.6) is 5.75 Å². The first-order valence-electron chi connectivity index (χ1n) is 7.00. The molecule has 0 unspecified atom stereocenters. The van der Waals surface area contributed by atoms with Gasteiger partial charge in [0, 0.05) is 0 Å². The number of rotatable bonds is 8. The SMILES string of the molecule is Cc1noc([C@@H](C)NC(=O)COCCOc2ccccc2)n1. The van der Waals surface area contributed by atoms with Gasteiger partial charge in [0.25, 0.3) is 0 Å². The average molecular weight is 305 g/mol. The number of carbonyl (C=O) groups is 1. The Balaban J connectivity index is 1.59. The Morgan fingerprint density at radius 3 is 2.77 bits per heavy atom. The molecule has 118 valence electrons. The minimum absolute atomic E-state index is 0.0460. The van der Waals surface area contributed by atoms with Crippen LogP contribution in [-0.4, -0.2) is 35.9 Å². The van der Waals surface area contributed by atoms with Crippen LogP contribution in [0.1, 0.15) is 24.7 Å². The van der Waals surface area contributed by atoms with Gasteiger partial charge in [0.15, 0.2) is 5.82 Å². The molecule has 0 aliphatic rings. The second-order valence-corrected chi connectivity index (χ2v) is 4.68. The minimum atomic E-state index is -0.349. The summed E-state index contributed by atoms with van der Waals surface area (Å²) in [6, 6.07) is 9.08. The van der Waals surface area contributed by atoms with Crippen LogP contribution >= 0.6 is 0 Å². The standard InChI is InChI=1S/C15H19N3O4/c1-11(15-17-12(2)18-22-15)16-14(19)10-20-8-9-21-13-6-4-3-5-7-13/h3-7,11H,8-10H2,1-2H3,(H,16,19)/t11-/m1/s1. The van der Waals surface area contributed by atoms with E-state index < -0.39 is 0 Å². The largest absolute Gasteiger partial charge is 0.491 e. The van der Waals surface area contributed by atoms with E-state index in [1.165, 1.54) is 0 Å². The van der Waals surface area contributed by atoms with Gasteiger partial charge in [-0.05, 0) is 26.0 Å². The number of nitrogens with one attached hydrogen (secondary N) is 1. The van der Waals surface area contributed by atoms with Crippen LogP contribution in [0.3, 0.4) is 0 Å². The zero-order chi connectivity index (χ0) is 15.8. The second kappa shape index (κ2) is 8.14. The fraction of sp³-hybridized carbons (Fsp3) is 0.400. The van der Waals surface area contributed by atoms with E-state index in [0.717, 1.165) is 5.75 Å². The minimum Gasteiger partial charge on any atom is -0.491 e. The Morgan fingerprint density at radius 1 is 1.32 bits per heavy atom. The van der Waals surface area contributed by atoms with Crippen LogP contribution in [-0.2, 0) is 9.53 Å². The molecule has 1 aromatic heterocycles. The third-order valence-corrected chi connectivity index (χ3v) is 2.76. The maximum Gasteiger partial charge on any atom is 0.248 e. The fourth-order valence-corrected chi connectivity index (χ4v) is 1.73. The molecule has 1 amide bonds. The van der Waals surface area contributed by atoms with Crippen molar-refractivity contribution in [2.24, 2.45) is 0 Å². The van der Waals surface area contributed by atoms with Crippen LogP contribution in [0.4, 0.5) is 0 Å². The van der Waals surface area contributed by atoms with Crippen molar-refractivity contribution in [2.75, 3.05) is 19.8 Å². The topological polar surface area (TPSA) is 86.5 Å². The highest BCUT2D eigenvalue weighted by atomic mass is 16.5. The molecule has 0 spiro atoms. The number of para-hydroxylation sites is 1. The molecule has 22 heavy (non-hydrogen) atoms. The Bertz CT molecular complexity index is 585. The van der Waals surface area contributed by atoms with Gasteiger partial charge in [-0.25, -0.2) is 0 Å². The van der Waals surface area contributed by atoms with Crippen molar-refractivity contribution in [3.8, 4) is 5.75 Å². The van der Waals surface area contributed by atoms with Crippen LogP contribution in [0, 0.1) is 6.92 Å².